The molecule has 0 fully saturated rings. The summed E-state index contributed by atoms with van der Waals surface area (Å²) in [7, 11) is 0. The number of allylic oxidation sites excluding steroid dienone is 16. The SMILES string of the molecule is CC/C=C/C=C/C=C/CCCCCCCC(=O)OC(COC(=O)CCCCCCC/C=C/C=C/C=C/C=C/C=C/CCC)COC(=O)CCCCCCCCCCCCCCC. The first-order valence-electron chi connectivity index (χ1n) is 25.3. The van der Waals surface area contributed by atoms with Gasteiger partial charge in [-0.2, -0.15) is 0 Å². The molecule has 0 aliphatic carbocycles. The van der Waals surface area contributed by atoms with Crippen LogP contribution in [0, 0.1) is 0 Å². The monoisotopic (exact) mass is 861 g/mol. The maximum Gasteiger partial charge on any atom is 0.306 e. The Balaban J connectivity index is 4.46. The molecule has 352 valence electrons. The molecule has 0 rings (SSSR count). The van der Waals surface area contributed by atoms with Gasteiger partial charge in [-0.05, 0) is 57.8 Å². The molecule has 0 radical (unpaired) electrons. The molecule has 0 spiro atoms. The van der Waals surface area contributed by atoms with Crippen LogP contribution in [0.2, 0.25) is 0 Å². The number of hydrogen-bond acceptors (Lipinski definition) is 6. The standard InChI is InChI=1S/C56H92O6/c1-4-7-10-13-16-19-22-25-26-27-28-29-32-34-37-40-43-46-49-55(58)61-52-53(62-56(59)50-47-44-41-38-35-31-24-21-18-15-12-9-6-3)51-60-54(57)48-45-42-39-36-33-30-23-20-17-14-11-8-5-2/h9-10,12-13,15-16,18-19,21-22,24-29,53H,4-8,11,14,17,20,23,30-52H2,1-3H3/b12-9+,13-10+,18-15+,19-16+,24-21+,25-22+,27-26+,29-28+. The summed E-state index contributed by atoms with van der Waals surface area (Å²) in [5, 5.41) is 0. The zero-order valence-electron chi connectivity index (χ0n) is 40.1. The number of hydrogen-bond donors (Lipinski definition) is 0. The summed E-state index contributed by atoms with van der Waals surface area (Å²) in [6.07, 6.45) is 65.2. The lowest BCUT2D eigenvalue weighted by Crippen LogP contribution is -2.30. The lowest BCUT2D eigenvalue weighted by molar-refractivity contribution is -0.167. The van der Waals surface area contributed by atoms with Gasteiger partial charge >= 0.3 is 17.9 Å². The largest absolute Gasteiger partial charge is 0.462 e. The van der Waals surface area contributed by atoms with Crippen molar-refractivity contribution in [2.24, 2.45) is 0 Å². The number of unbranched alkanes of at least 4 members (excludes halogenated alkanes) is 23. The molecule has 0 saturated carbocycles. The van der Waals surface area contributed by atoms with Gasteiger partial charge < -0.3 is 14.2 Å². The topological polar surface area (TPSA) is 78.9 Å². The Bertz CT molecular complexity index is 1260. The maximum absolute atomic E-state index is 12.8. The van der Waals surface area contributed by atoms with Crippen molar-refractivity contribution in [3.63, 3.8) is 0 Å². The van der Waals surface area contributed by atoms with Crippen LogP contribution in [0.5, 0.6) is 0 Å². The van der Waals surface area contributed by atoms with Crippen molar-refractivity contribution >= 4 is 17.9 Å². The van der Waals surface area contributed by atoms with Gasteiger partial charge in [-0.25, -0.2) is 0 Å². The molecule has 1 unspecified atom stereocenters. The van der Waals surface area contributed by atoms with Crippen LogP contribution in [0.1, 0.15) is 220 Å². The highest BCUT2D eigenvalue weighted by Gasteiger charge is 2.19. The van der Waals surface area contributed by atoms with Crippen molar-refractivity contribution in [1.29, 1.82) is 0 Å². The molecule has 62 heavy (non-hydrogen) atoms. The fourth-order valence-corrected chi connectivity index (χ4v) is 6.71. The van der Waals surface area contributed by atoms with E-state index in [1.807, 2.05) is 24.3 Å². The van der Waals surface area contributed by atoms with Crippen molar-refractivity contribution in [3.8, 4) is 0 Å². The molecule has 6 heteroatoms. The minimum Gasteiger partial charge on any atom is -0.462 e. The third-order valence-electron chi connectivity index (χ3n) is 10.5. The number of rotatable bonds is 44. The second-order valence-electron chi connectivity index (χ2n) is 16.5. The second kappa shape index (κ2) is 50.0. The Morgan fingerprint density at radius 3 is 1.05 bits per heavy atom. The Morgan fingerprint density at radius 2 is 0.661 bits per heavy atom. The van der Waals surface area contributed by atoms with Gasteiger partial charge in [0, 0.05) is 19.3 Å². The van der Waals surface area contributed by atoms with E-state index in [0.717, 1.165) is 109 Å². The average Bonchev–Trinajstić information content (AvgIpc) is 3.27. The van der Waals surface area contributed by atoms with E-state index in [4.69, 9.17) is 14.2 Å². The molecule has 0 amide bonds. The van der Waals surface area contributed by atoms with Crippen LogP contribution in [-0.2, 0) is 28.6 Å². The number of carbonyl (C=O) groups excluding carboxylic acids is 3. The van der Waals surface area contributed by atoms with E-state index in [1.165, 1.54) is 70.6 Å². The normalized spacial score (nSPS) is 12.9. The zero-order valence-corrected chi connectivity index (χ0v) is 40.1. The summed E-state index contributed by atoms with van der Waals surface area (Å²) in [6, 6.07) is 0. The van der Waals surface area contributed by atoms with E-state index in [9.17, 15) is 14.4 Å². The fraction of sp³-hybridized carbons (Fsp3) is 0.661. The summed E-state index contributed by atoms with van der Waals surface area (Å²) in [6.45, 7) is 6.37. The Labute approximate surface area is 381 Å². The molecular formula is C56H92O6. The van der Waals surface area contributed by atoms with Crippen LogP contribution in [-0.4, -0.2) is 37.2 Å². The molecular weight excluding hydrogens is 769 g/mol. The second-order valence-corrected chi connectivity index (χ2v) is 16.5. The number of ether oxygens (including phenoxy) is 3. The molecule has 0 aromatic heterocycles. The van der Waals surface area contributed by atoms with Crippen molar-refractivity contribution < 1.29 is 28.6 Å². The number of esters is 3. The van der Waals surface area contributed by atoms with Gasteiger partial charge in [-0.1, -0.05) is 240 Å². The van der Waals surface area contributed by atoms with E-state index in [-0.39, 0.29) is 31.1 Å². The minimum absolute atomic E-state index is 0.0941. The van der Waals surface area contributed by atoms with Gasteiger partial charge in [-0.15, -0.1) is 0 Å². The van der Waals surface area contributed by atoms with E-state index in [1.54, 1.807) is 0 Å². The summed E-state index contributed by atoms with van der Waals surface area (Å²) >= 11 is 0. The lowest BCUT2D eigenvalue weighted by Gasteiger charge is -2.18. The molecule has 6 nitrogen and oxygen atoms in total. The summed E-state index contributed by atoms with van der Waals surface area (Å²) in [5.74, 6) is -0.944. The molecule has 1 atom stereocenters. The zero-order chi connectivity index (χ0) is 45.1. The predicted molar refractivity (Wildman–Crippen MR) is 265 cm³/mol. The Kier molecular flexibility index (Phi) is 47.0. The van der Waals surface area contributed by atoms with Gasteiger partial charge in [0.2, 0.25) is 0 Å². The van der Waals surface area contributed by atoms with Crippen LogP contribution in [0.15, 0.2) is 97.2 Å². The van der Waals surface area contributed by atoms with Gasteiger partial charge in [-0.3, -0.25) is 14.4 Å². The summed E-state index contributed by atoms with van der Waals surface area (Å²) < 4.78 is 16.7. The van der Waals surface area contributed by atoms with Crippen molar-refractivity contribution in [2.45, 2.75) is 226 Å². The minimum atomic E-state index is -0.797. The van der Waals surface area contributed by atoms with E-state index >= 15 is 0 Å². The van der Waals surface area contributed by atoms with Crippen LogP contribution in [0.25, 0.3) is 0 Å². The highest BCUT2D eigenvalue weighted by Crippen LogP contribution is 2.15. The van der Waals surface area contributed by atoms with Crippen LogP contribution >= 0.6 is 0 Å². The first-order chi connectivity index (χ1) is 30.5. The van der Waals surface area contributed by atoms with Crippen molar-refractivity contribution in [1.82, 2.24) is 0 Å². The molecule has 0 aliphatic rings. The maximum atomic E-state index is 12.8. The Hall–Kier alpha value is -3.67. The number of carbonyl (C=O) groups is 3. The van der Waals surface area contributed by atoms with Crippen LogP contribution in [0.4, 0.5) is 0 Å². The molecule has 0 bridgehead atoms. The Morgan fingerprint density at radius 1 is 0.339 bits per heavy atom. The van der Waals surface area contributed by atoms with E-state index in [2.05, 4.69) is 93.7 Å². The van der Waals surface area contributed by atoms with Crippen molar-refractivity contribution in [3.05, 3.63) is 97.2 Å². The highest BCUT2D eigenvalue weighted by molar-refractivity contribution is 5.71. The molecule has 0 aromatic rings. The van der Waals surface area contributed by atoms with Gasteiger partial charge in [0.1, 0.15) is 13.2 Å². The predicted octanol–water partition coefficient (Wildman–Crippen LogP) is 16.6. The molecule has 0 aliphatic heterocycles. The third kappa shape index (κ3) is 47.4. The lowest BCUT2D eigenvalue weighted by atomic mass is 10.0. The van der Waals surface area contributed by atoms with Crippen LogP contribution < -0.4 is 0 Å². The quantitative estimate of drug-likeness (QED) is 0.0263. The fourth-order valence-electron chi connectivity index (χ4n) is 6.71. The van der Waals surface area contributed by atoms with E-state index in [0.29, 0.717) is 19.3 Å². The first-order valence-corrected chi connectivity index (χ1v) is 25.3. The van der Waals surface area contributed by atoms with Crippen LogP contribution in [0.3, 0.4) is 0 Å². The molecule has 0 saturated heterocycles. The van der Waals surface area contributed by atoms with Gasteiger partial charge in [0.15, 0.2) is 6.10 Å². The highest BCUT2D eigenvalue weighted by atomic mass is 16.6. The first kappa shape index (κ1) is 58.3. The third-order valence-corrected chi connectivity index (χ3v) is 10.5. The molecule has 0 aromatic carbocycles. The van der Waals surface area contributed by atoms with Crippen molar-refractivity contribution in [2.75, 3.05) is 13.2 Å². The smallest absolute Gasteiger partial charge is 0.306 e. The molecule has 0 N–H and O–H groups in total. The summed E-state index contributed by atoms with van der Waals surface area (Å²) in [5.41, 5.74) is 0. The van der Waals surface area contributed by atoms with Gasteiger partial charge in [0.05, 0.1) is 0 Å². The molecule has 0 heterocycles. The van der Waals surface area contributed by atoms with E-state index < -0.39 is 6.10 Å². The summed E-state index contributed by atoms with van der Waals surface area (Å²) in [4.78, 5) is 37.9. The van der Waals surface area contributed by atoms with Gasteiger partial charge in [0.25, 0.3) is 0 Å². The average molecular weight is 861 g/mol.